The van der Waals surface area contributed by atoms with Crippen molar-refractivity contribution in [2.45, 2.75) is 6.61 Å². The van der Waals surface area contributed by atoms with Crippen LogP contribution in [0, 0.1) is 5.82 Å². The van der Waals surface area contributed by atoms with E-state index in [-0.39, 0.29) is 24.1 Å². The first kappa shape index (κ1) is 15.7. The van der Waals surface area contributed by atoms with Gasteiger partial charge < -0.3 is 14.6 Å². The standard InChI is InChI=1S/C17H14FN3O3/c1-19-14-5-3-2-4-13(14)17(22)23-10-15-20-16(24-21-15)11-6-8-12(18)9-7-11/h2-9,19H,10H2,1H3. The Morgan fingerprint density at radius 3 is 2.71 bits per heavy atom. The molecule has 0 spiro atoms. The number of hydrogen-bond donors (Lipinski definition) is 1. The van der Waals surface area contributed by atoms with E-state index in [2.05, 4.69) is 15.5 Å². The minimum atomic E-state index is -0.493. The average Bonchev–Trinajstić information content (AvgIpc) is 3.09. The Kier molecular flexibility index (Phi) is 4.51. The molecule has 6 nitrogen and oxygen atoms in total. The number of nitrogens with one attached hydrogen (secondary N) is 1. The lowest BCUT2D eigenvalue weighted by Crippen LogP contribution is -2.08. The monoisotopic (exact) mass is 327 g/mol. The largest absolute Gasteiger partial charge is 0.454 e. The van der Waals surface area contributed by atoms with E-state index in [4.69, 9.17) is 9.26 Å². The number of esters is 1. The fourth-order valence-corrected chi connectivity index (χ4v) is 2.11. The summed E-state index contributed by atoms with van der Waals surface area (Å²) in [5, 5.41) is 6.67. The highest BCUT2D eigenvalue weighted by molar-refractivity contribution is 5.95. The molecule has 2 aromatic carbocycles. The molecule has 1 heterocycles. The van der Waals surface area contributed by atoms with Crippen LogP contribution in [0.2, 0.25) is 0 Å². The zero-order valence-corrected chi connectivity index (χ0v) is 12.8. The molecule has 7 heteroatoms. The summed E-state index contributed by atoms with van der Waals surface area (Å²) in [5.74, 6) is -0.384. The van der Waals surface area contributed by atoms with E-state index in [0.29, 0.717) is 16.8 Å². The lowest BCUT2D eigenvalue weighted by atomic mass is 10.2. The fraction of sp³-hybridized carbons (Fsp3) is 0.118. The molecule has 0 aliphatic carbocycles. The van der Waals surface area contributed by atoms with Crippen molar-refractivity contribution in [3.8, 4) is 11.5 Å². The number of rotatable bonds is 5. The summed E-state index contributed by atoms with van der Waals surface area (Å²) in [7, 11) is 1.72. The summed E-state index contributed by atoms with van der Waals surface area (Å²) >= 11 is 0. The Hall–Kier alpha value is -3.22. The van der Waals surface area contributed by atoms with Gasteiger partial charge in [-0.3, -0.25) is 0 Å². The highest BCUT2D eigenvalue weighted by atomic mass is 19.1. The molecule has 0 radical (unpaired) electrons. The Balaban J connectivity index is 1.67. The van der Waals surface area contributed by atoms with Gasteiger partial charge in [0, 0.05) is 18.3 Å². The second kappa shape index (κ2) is 6.91. The second-order valence-electron chi connectivity index (χ2n) is 4.89. The molecule has 0 saturated carbocycles. The first-order chi connectivity index (χ1) is 11.7. The summed E-state index contributed by atoms with van der Waals surface area (Å²) in [6.45, 7) is -0.123. The van der Waals surface area contributed by atoms with Gasteiger partial charge in [-0.2, -0.15) is 4.98 Å². The van der Waals surface area contributed by atoms with Crippen LogP contribution in [0.5, 0.6) is 0 Å². The number of carbonyl (C=O) groups is 1. The van der Waals surface area contributed by atoms with Crippen molar-refractivity contribution in [2.24, 2.45) is 0 Å². The van der Waals surface area contributed by atoms with Gasteiger partial charge in [0.05, 0.1) is 5.56 Å². The Labute approximate surface area is 137 Å². The number of para-hydroxylation sites is 1. The van der Waals surface area contributed by atoms with E-state index in [1.165, 1.54) is 24.3 Å². The molecule has 0 saturated heterocycles. The highest BCUT2D eigenvalue weighted by Gasteiger charge is 2.14. The predicted molar refractivity (Wildman–Crippen MR) is 84.8 cm³/mol. The number of carbonyl (C=O) groups excluding carboxylic acids is 1. The Morgan fingerprint density at radius 1 is 1.21 bits per heavy atom. The third kappa shape index (κ3) is 3.40. The minimum Gasteiger partial charge on any atom is -0.454 e. The van der Waals surface area contributed by atoms with Gasteiger partial charge in [-0.25, -0.2) is 9.18 Å². The number of benzene rings is 2. The number of aromatic nitrogens is 2. The summed E-state index contributed by atoms with van der Waals surface area (Å²) in [4.78, 5) is 16.2. The molecular formula is C17H14FN3O3. The maximum Gasteiger partial charge on any atom is 0.340 e. The van der Waals surface area contributed by atoms with Crippen molar-refractivity contribution < 1.29 is 18.4 Å². The van der Waals surface area contributed by atoms with Crippen molar-refractivity contribution >= 4 is 11.7 Å². The zero-order valence-electron chi connectivity index (χ0n) is 12.8. The van der Waals surface area contributed by atoms with E-state index in [9.17, 15) is 9.18 Å². The number of anilines is 1. The van der Waals surface area contributed by atoms with Crippen LogP contribution >= 0.6 is 0 Å². The first-order valence-electron chi connectivity index (χ1n) is 7.20. The second-order valence-corrected chi connectivity index (χ2v) is 4.89. The van der Waals surface area contributed by atoms with Gasteiger partial charge in [0.15, 0.2) is 6.61 Å². The van der Waals surface area contributed by atoms with Crippen LogP contribution in [0.25, 0.3) is 11.5 Å². The lowest BCUT2D eigenvalue weighted by Gasteiger charge is -2.07. The van der Waals surface area contributed by atoms with Crippen LogP contribution in [0.3, 0.4) is 0 Å². The molecule has 24 heavy (non-hydrogen) atoms. The Bertz CT molecular complexity index is 846. The van der Waals surface area contributed by atoms with Crippen molar-refractivity contribution in [2.75, 3.05) is 12.4 Å². The molecule has 0 bridgehead atoms. The summed E-state index contributed by atoms with van der Waals surface area (Å²) in [6, 6.07) is 12.7. The van der Waals surface area contributed by atoms with Gasteiger partial charge in [0.25, 0.3) is 5.89 Å². The van der Waals surface area contributed by atoms with Crippen molar-refractivity contribution in [3.63, 3.8) is 0 Å². The highest BCUT2D eigenvalue weighted by Crippen LogP contribution is 2.19. The molecule has 3 rings (SSSR count). The topological polar surface area (TPSA) is 77.2 Å². The van der Waals surface area contributed by atoms with Gasteiger partial charge in [0.1, 0.15) is 5.82 Å². The molecule has 0 aliphatic heterocycles. The maximum absolute atomic E-state index is 12.9. The minimum absolute atomic E-state index is 0.123. The first-order valence-corrected chi connectivity index (χ1v) is 7.20. The zero-order chi connectivity index (χ0) is 16.9. The van der Waals surface area contributed by atoms with Crippen LogP contribution in [0.1, 0.15) is 16.2 Å². The smallest absolute Gasteiger partial charge is 0.340 e. The normalized spacial score (nSPS) is 10.4. The van der Waals surface area contributed by atoms with Crippen LogP contribution < -0.4 is 5.32 Å². The van der Waals surface area contributed by atoms with Gasteiger partial charge in [-0.1, -0.05) is 17.3 Å². The van der Waals surface area contributed by atoms with Crippen LogP contribution in [-0.2, 0) is 11.3 Å². The van der Waals surface area contributed by atoms with Gasteiger partial charge >= 0.3 is 5.97 Å². The molecule has 122 valence electrons. The molecule has 0 amide bonds. The summed E-state index contributed by atoms with van der Waals surface area (Å²) < 4.78 is 23.2. The van der Waals surface area contributed by atoms with E-state index in [0.717, 1.165) is 0 Å². The van der Waals surface area contributed by atoms with Gasteiger partial charge in [-0.05, 0) is 36.4 Å². The number of ether oxygens (including phenoxy) is 1. The van der Waals surface area contributed by atoms with Gasteiger partial charge in [0.2, 0.25) is 5.82 Å². The van der Waals surface area contributed by atoms with Crippen LogP contribution in [0.15, 0.2) is 53.1 Å². The average molecular weight is 327 g/mol. The lowest BCUT2D eigenvalue weighted by molar-refractivity contribution is 0.0461. The third-order valence-electron chi connectivity index (χ3n) is 3.31. The molecule has 0 unspecified atom stereocenters. The van der Waals surface area contributed by atoms with Crippen molar-refractivity contribution in [1.82, 2.24) is 10.1 Å². The number of nitrogens with zero attached hydrogens (tertiary/aromatic N) is 2. The predicted octanol–water partition coefficient (Wildman–Crippen LogP) is 3.27. The fourth-order valence-electron chi connectivity index (χ4n) is 2.11. The third-order valence-corrected chi connectivity index (χ3v) is 3.31. The number of halogens is 1. The molecule has 0 atom stereocenters. The summed E-state index contributed by atoms with van der Waals surface area (Å²) in [5.41, 5.74) is 1.67. The van der Waals surface area contributed by atoms with Crippen LogP contribution in [-0.4, -0.2) is 23.2 Å². The molecular weight excluding hydrogens is 313 g/mol. The van der Waals surface area contributed by atoms with E-state index < -0.39 is 5.97 Å². The summed E-state index contributed by atoms with van der Waals surface area (Å²) in [6.07, 6.45) is 0. The quantitative estimate of drug-likeness (QED) is 0.725. The SMILES string of the molecule is CNc1ccccc1C(=O)OCc1noc(-c2ccc(F)cc2)n1. The van der Waals surface area contributed by atoms with Gasteiger partial charge in [-0.15, -0.1) is 0 Å². The molecule has 1 N–H and O–H groups in total. The van der Waals surface area contributed by atoms with Crippen molar-refractivity contribution in [3.05, 3.63) is 65.7 Å². The van der Waals surface area contributed by atoms with E-state index in [1.807, 2.05) is 6.07 Å². The maximum atomic E-state index is 12.9. The molecule has 1 aromatic heterocycles. The van der Waals surface area contributed by atoms with Crippen molar-refractivity contribution in [1.29, 1.82) is 0 Å². The van der Waals surface area contributed by atoms with E-state index in [1.54, 1.807) is 25.2 Å². The number of hydrogen-bond acceptors (Lipinski definition) is 6. The molecule has 0 aliphatic rings. The molecule has 3 aromatic rings. The van der Waals surface area contributed by atoms with E-state index >= 15 is 0 Å². The Morgan fingerprint density at radius 2 is 1.96 bits per heavy atom. The molecule has 0 fully saturated rings. The van der Waals surface area contributed by atoms with Crippen LogP contribution in [0.4, 0.5) is 10.1 Å².